The van der Waals surface area contributed by atoms with Crippen LogP contribution in [0.15, 0.2) is 0 Å². The van der Waals surface area contributed by atoms with Crippen molar-refractivity contribution in [2.45, 2.75) is 58.6 Å². The number of amides is 1. The van der Waals surface area contributed by atoms with Crippen LogP contribution in [0.4, 0.5) is 4.79 Å². The highest BCUT2D eigenvalue weighted by atomic mass is 16.6. The first-order valence-electron chi connectivity index (χ1n) is 7.51. The lowest BCUT2D eigenvalue weighted by molar-refractivity contribution is 0.00353. The lowest BCUT2D eigenvalue weighted by atomic mass is 9.89. The Bertz CT molecular complexity index is 338. The molecule has 1 aliphatic carbocycles. The Morgan fingerprint density at radius 1 is 1.37 bits per heavy atom. The van der Waals surface area contributed by atoms with Gasteiger partial charge in [0.25, 0.3) is 0 Å². The second-order valence-corrected chi connectivity index (χ2v) is 7.21. The minimum atomic E-state index is -0.414. The van der Waals surface area contributed by atoms with Crippen LogP contribution in [0, 0.1) is 17.8 Å². The van der Waals surface area contributed by atoms with Crippen LogP contribution in [-0.2, 0) is 4.74 Å². The number of carbonyl (C=O) groups is 1. The first-order chi connectivity index (χ1) is 8.81. The molecule has 4 atom stereocenters. The van der Waals surface area contributed by atoms with Gasteiger partial charge in [0.2, 0.25) is 0 Å². The summed E-state index contributed by atoms with van der Waals surface area (Å²) in [4.78, 5) is 14.2. The predicted octanol–water partition coefficient (Wildman–Crippen LogP) is 2.62. The molecule has 2 N–H and O–H groups in total. The van der Waals surface area contributed by atoms with Crippen molar-refractivity contribution in [1.29, 1.82) is 0 Å². The number of piperidine rings is 1. The molecule has 1 aliphatic heterocycles. The molecule has 2 rings (SSSR count). The fraction of sp³-hybridized carbons (Fsp3) is 0.933. The van der Waals surface area contributed by atoms with Crippen LogP contribution in [0.3, 0.4) is 0 Å². The topological polar surface area (TPSA) is 55.6 Å². The van der Waals surface area contributed by atoms with Gasteiger partial charge in [0.15, 0.2) is 0 Å². The lowest BCUT2D eigenvalue weighted by Gasteiger charge is -2.39. The monoisotopic (exact) mass is 268 g/mol. The van der Waals surface area contributed by atoms with E-state index in [1.165, 1.54) is 12.8 Å². The summed E-state index contributed by atoms with van der Waals surface area (Å²) in [5.74, 6) is 2.05. The highest BCUT2D eigenvalue weighted by molar-refractivity contribution is 5.68. The number of nitrogens with zero attached hydrogens (tertiary/aromatic N) is 1. The van der Waals surface area contributed by atoms with E-state index in [0.717, 1.165) is 25.4 Å². The Labute approximate surface area is 116 Å². The molecule has 4 nitrogen and oxygen atoms in total. The van der Waals surface area contributed by atoms with Gasteiger partial charge in [-0.15, -0.1) is 0 Å². The number of ether oxygens (including phenoxy) is 1. The molecule has 1 saturated heterocycles. The number of carbonyl (C=O) groups excluding carboxylic acids is 1. The largest absolute Gasteiger partial charge is 0.444 e. The van der Waals surface area contributed by atoms with Crippen LogP contribution in [-0.4, -0.2) is 35.7 Å². The van der Waals surface area contributed by atoms with E-state index in [-0.39, 0.29) is 6.09 Å². The molecule has 0 spiro atoms. The second kappa shape index (κ2) is 5.31. The number of nitrogens with two attached hydrogens (primary N) is 1. The molecule has 19 heavy (non-hydrogen) atoms. The average molecular weight is 268 g/mol. The van der Waals surface area contributed by atoms with E-state index in [4.69, 9.17) is 10.5 Å². The van der Waals surface area contributed by atoms with E-state index in [1.807, 2.05) is 25.7 Å². The van der Waals surface area contributed by atoms with Gasteiger partial charge in [0, 0.05) is 12.6 Å². The standard InChI is InChI=1S/C15H28N2O2/c1-10-5-6-11(13-7-12(13)8-16)9-17(10)14(18)19-15(2,3)4/h10-13H,5-9,16H2,1-4H3/t10-,11?,12+,13+/m1/s1. The zero-order valence-corrected chi connectivity index (χ0v) is 12.7. The van der Waals surface area contributed by atoms with Crippen LogP contribution in [0.5, 0.6) is 0 Å². The van der Waals surface area contributed by atoms with Crippen LogP contribution in [0.25, 0.3) is 0 Å². The van der Waals surface area contributed by atoms with Crippen molar-refractivity contribution in [2.24, 2.45) is 23.5 Å². The van der Waals surface area contributed by atoms with Crippen molar-refractivity contribution in [2.75, 3.05) is 13.1 Å². The molecule has 0 aromatic heterocycles. The zero-order chi connectivity index (χ0) is 14.2. The van der Waals surface area contributed by atoms with Crippen molar-refractivity contribution < 1.29 is 9.53 Å². The molecule has 0 bridgehead atoms. The molecule has 0 aromatic rings. The summed E-state index contributed by atoms with van der Waals surface area (Å²) >= 11 is 0. The molecule has 1 amide bonds. The summed E-state index contributed by atoms with van der Waals surface area (Å²) in [6, 6.07) is 0.293. The van der Waals surface area contributed by atoms with Gasteiger partial charge >= 0.3 is 6.09 Å². The first kappa shape index (κ1) is 14.6. The van der Waals surface area contributed by atoms with Gasteiger partial charge < -0.3 is 15.4 Å². The van der Waals surface area contributed by atoms with Crippen LogP contribution in [0.2, 0.25) is 0 Å². The normalized spacial score (nSPS) is 35.1. The molecule has 2 aliphatic rings. The third-order valence-electron chi connectivity index (χ3n) is 4.43. The van der Waals surface area contributed by atoms with Crippen LogP contribution < -0.4 is 5.73 Å². The maximum Gasteiger partial charge on any atom is 0.410 e. The van der Waals surface area contributed by atoms with E-state index >= 15 is 0 Å². The predicted molar refractivity (Wildman–Crippen MR) is 75.8 cm³/mol. The van der Waals surface area contributed by atoms with Gasteiger partial charge in [-0.05, 0) is 71.3 Å². The number of hydrogen-bond acceptors (Lipinski definition) is 3. The van der Waals surface area contributed by atoms with E-state index in [9.17, 15) is 4.79 Å². The molecule has 1 heterocycles. The quantitative estimate of drug-likeness (QED) is 0.837. The van der Waals surface area contributed by atoms with E-state index in [2.05, 4.69) is 6.92 Å². The molecular weight excluding hydrogens is 240 g/mol. The molecular formula is C15H28N2O2. The highest BCUT2D eigenvalue weighted by Crippen LogP contribution is 2.47. The summed E-state index contributed by atoms with van der Waals surface area (Å²) in [6.45, 7) is 9.51. The van der Waals surface area contributed by atoms with Gasteiger partial charge in [0.1, 0.15) is 5.60 Å². The summed E-state index contributed by atoms with van der Waals surface area (Å²) in [5.41, 5.74) is 5.32. The molecule has 1 saturated carbocycles. The molecule has 1 unspecified atom stereocenters. The SMILES string of the molecule is C[C@@H]1CCC([C@@H]2C[C@H]2CN)CN1C(=O)OC(C)(C)C. The lowest BCUT2D eigenvalue weighted by Crippen LogP contribution is -2.48. The van der Waals surface area contributed by atoms with E-state index in [1.54, 1.807) is 0 Å². The van der Waals surface area contributed by atoms with Crippen LogP contribution in [0.1, 0.15) is 47.0 Å². The molecule has 4 heteroatoms. The fourth-order valence-electron chi connectivity index (χ4n) is 3.18. The van der Waals surface area contributed by atoms with Gasteiger partial charge in [-0.2, -0.15) is 0 Å². The van der Waals surface area contributed by atoms with Crippen molar-refractivity contribution in [1.82, 2.24) is 4.90 Å². The van der Waals surface area contributed by atoms with Crippen LogP contribution >= 0.6 is 0 Å². The van der Waals surface area contributed by atoms with Crippen molar-refractivity contribution in [3.63, 3.8) is 0 Å². The number of rotatable bonds is 2. The average Bonchev–Trinajstić information content (AvgIpc) is 3.06. The number of hydrogen-bond donors (Lipinski definition) is 1. The third-order valence-corrected chi connectivity index (χ3v) is 4.43. The van der Waals surface area contributed by atoms with Gasteiger partial charge in [-0.25, -0.2) is 4.79 Å². The Hall–Kier alpha value is -0.770. The third kappa shape index (κ3) is 3.62. The Balaban J connectivity index is 1.93. The first-order valence-corrected chi connectivity index (χ1v) is 7.51. The fourth-order valence-corrected chi connectivity index (χ4v) is 3.18. The Kier molecular flexibility index (Phi) is 4.09. The molecule has 2 fully saturated rings. The molecule has 0 aromatic carbocycles. The summed E-state index contributed by atoms with van der Waals surface area (Å²) in [6.07, 6.45) is 3.39. The van der Waals surface area contributed by atoms with E-state index < -0.39 is 5.60 Å². The van der Waals surface area contributed by atoms with E-state index in [0.29, 0.717) is 17.9 Å². The van der Waals surface area contributed by atoms with Crippen molar-refractivity contribution in [3.05, 3.63) is 0 Å². The van der Waals surface area contributed by atoms with Crippen molar-refractivity contribution in [3.8, 4) is 0 Å². The summed E-state index contributed by atoms with van der Waals surface area (Å²) < 4.78 is 5.51. The van der Waals surface area contributed by atoms with Crippen molar-refractivity contribution >= 4 is 6.09 Å². The zero-order valence-electron chi connectivity index (χ0n) is 12.7. The maximum absolute atomic E-state index is 12.2. The van der Waals surface area contributed by atoms with Gasteiger partial charge in [-0.1, -0.05) is 0 Å². The minimum Gasteiger partial charge on any atom is -0.444 e. The smallest absolute Gasteiger partial charge is 0.410 e. The summed E-state index contributed by atoms with van der Waals surface area (Å²) in [7, 11) is 0. The summed E-state index contributed by atoms with van der Waals surface area (Å²) in [5, 5.41) is 0. The molecule has 0 radical (unpaired) electrons. The highest BCUT2D eigenvalue weighted by Gasteiger charge is 2.45. The van der Waals surface area contributed by atoms with Gasteiger partial charge in [0.05, 0.1) is 0 Å². The molecule has 110 valence electrons. The van der Waals surface area contributed by atoms with Gasteiger partial charge in [-0.3, -0.25) is 0 Å². The second-order valence-electron chi connectivity index (χ2n) is 7.21. The minimum absolute atomic E-state index is 0.158. The maximum atomic E-state index is 12.2. The Morgan fingerprint density at radius 3 is 2.58 bits per heavy atom. The number of likely N-dealkylation sites (tertiary alicyclic amines) is 1. The Morgan fingerprint density at radius 2 is 2.05 bits per heavy atom.